The third kappa shape index (κ3) is 3.09. The molecule has 0 aromatic heterocycles. The maximum atomic E-state index is 12.9. The molecule has 0 heterocycles. The number of Topliss-reactive ketones (excluding diaryl/α,β-unsaturated/α-hetero) is 3. The first-order valence-electron chi connectivity index (χ1n) is 8.61. The van der Waals surface area contributed by atoms with Gasteiger partial charge in [0.1, 0.15) is 0 Å². The quantitative estimate of drug-likeness (QED) is 0.723. The van der Waals surface area contributed by atoms with Crippen LogP contribution in [0, 0.1) is 16.2 Å². The normalized spacial score (nSPS) is 19.6. The van der Waals surface area contributed by atoms with Crippen molar-refractivity contribution in [1.82, 2.24) is 0 Å². The van der Waals surface area contributed by atoms with E-state index in [0.717, 1.165) is 0 Å². The fraction of sp³-hybridized carbons (Fsp3) is 0.571. The van der Waals surface area contributed by atoms with Gasteiger partial charge in [0.2, 0.25) is 0 Å². The lowest BCUT2D eigenvalue weighted by atomic mass is 9.66. The molecule has 1 aromatic rings. The van der Waals surface area contributed by atoms with Crippen molar-refractivity contribution in [2.75, 3.05) is 0 Å². The van der Waals surface area contributed by atoms with Crippen molar-refractivity contribution in [2.45, 2.75) is 61.3 Å². The maximum absolute atomic E-state index is 12.9. The number of hydrogen-bond donors (Lipinski definition) is 0. The zero-order valence-electron chi connectivity index (χ0n) is 15.9. The van der Waals surface area contributed by atoms with Crippen molar-refractivity contribution in [3.63, 3.8) is 0 Å². The zero-order valence-corrected chi connectivity index (χ0v) is 15.9. The molecule has 0 spiro atoms. The van der Waals surface area contributed by atoms with E-state index in [9.17, 15) is 14.4 Å². The third-order valence-corrected chi connectivity index (χ3v) is 5.33. The van der Waals surface area contributed by atoms with Gasteiger partial charge < -0.3 is 0 Å². The number of rotatable bonds is 3. The Kier molecular flexibility index (Phi) is 4.37. The topological polar surface area (TPSA) is 51.2 Å². The second-order valence-electron chi connectivity index (χ2n) is 8.97. The van der Waals surface area contributed by atoms with Crippen LogP contribution in [0.15, 0.2) is 18.2 Å². The standard InChI is InChI=1S/C21H28O3/c1-8-19(2,3)16(22)13-9-14-11-15(10-13)18(24)21(6,7)12-20(4,5)17(14)23/h9-11H,8,12H2,1-7H3. The van der Waals surface area contributed by atoms with Gasteiger partial charge in [0.25, 0.3) is 0 Å². The Morgan fingerprint density at radius 2 is 1.38 bits per heavy atom. The average Bonchev–Trinajstić information content (AvgIpc) is 2.50. The van der Waals surface area contributed by atoms with Gasteiger partial charge in [-0.2, -0.15) is 0 Å². The van der Waals surface area contributed by atoms with Gasteiger partial charge in [-0.1, -0.05) is 48.5 Å². The Hall–Kier alpha value is -1.77. The molecule has 2 rings (SSSR count). The molecule has 0 amide bonds. The van der Waals surface area contributed by atoms with E-state index in [0.29, 0.717) is 29.5 Å². The second kappa shape index (κ2) is 5.65. The number of hydrogen-bond acceptors (Lipinski definition) is 3. The summed E-state index contributed by atoms with van der Waals surface area (Å²) in [6, 6.07) is 4.99. The lowest BCUT2D eigenvalue weighted by molar-refractivity contribution is 0.0663. The van der Waals surface area contributed by atoms with E-state index in [2.05, 4.69) is 0 Å². The van der Waals surface area contributed by atoms with Crippen LogP contribution in [0.4, 0.5) is 0 Å². The molecule has 0 unspecified atom stereocenters. The predicted octanol–water partition coefficient (Wildman–Crippen LogP) is 5.13. The van der Waals surface area contributed by atoms with Crippen LogP contribution in [-0.4, -0.2) is 17.3 Å². The fourth-order valence-corrected chi connectivity index (χ4v) is 3.62. The van der Waals surface area contributed by atoms with Crippen LogP contribution in [0.25, 0.3) is 0 Å². The highest BCUT2D eigenvalue weighted by molar-refractivity contribution is 6.10. The first kappa shape index (κ1) is 18.6. The van der Waals surface area contributed by atoms with Crippen LogP contribution in [-0.2, 0) is 0 Å². The summed E-state index contributed by atoms with van der Waals surface area (Å²) in [5.74, 6) is -0.0357. The first-order valence-corrected chi connectivity index (χ1v) is 8.61. The minimum Gasteiger partial charge on any atom is -0.294 e. The molecule has 130 valence electrons. The predicted molar refractivity (Wildman–Crippen MR) is 95.7 cm³/mol. The molecule has 24 heavy (non-hydrogen) atoms. The molecule has 0 N–H and O–H groups in total. The number of benzene rings is 1. The summed E-state index contributed by atoms with van der Waals surface area (Å²) in [6.45, 7) is 13.3. The summed E-state index contributed by atoms with van der Waals surface area (Å²) in [4.78, 5) is 38.8. The monoisotopic (exact) mass is 328 g/mol. The van der Waals surface area contributed by atoms with Crippen molar-refractivity contribution in [3.05, 3.63) is 34.9 Å². The van der Waals surface area contributed by atoms with E-state index in [1.54, 1.807) is 18.2 Å². The highest BCUT2D eigenvalue weighted by atomic mass is 16.1. The molecule has 2 bridgehead atoms. The summed E-state index contributed by atoms with van der Waals surface area (Å²) in [7, 11) is 0. The molecule has 0 radical (unpaired) electrons. The third-order valence-electron chi connectivity index (χ3n) is 5.33. The highest BCUT2D eigenvalue weighted by Gasteiger charge is 2.42. The van der Waals surface area contributed by atoms with Crippen molar-refractivity contribution in [3.8, 4) is 0 Å². The van der Waals surface area contributed by atoms with Crippen molar-refractivity contribution >= 4 is 17.3 Å². The smallest absolute Gasteiger partial charge is 0.168 e. The summed E-state index contributed by atoms with van der Waals surface area (Å²) in [5.41, 5.74) is -0.396. The van der Waals surface area contributed by atoms with Crippen LogP contribution in [0.3, 0.4) is 0 Å². The number of fused-ring (bicyclic) bond motifs is 2. The van der Waals surface area contributed by atoms with Gasteiger partial charge in [-0.3, -0.25) is 14.4 Å². The Balaban J connectivity index is 2.70. The van der Waals surface area contributed by atoms with Crippen LogP contribution in [0.2, 0.25) is 0 Å². The Bertz CT molecular complexity index is 676. The fourth-order valence-electron chi connectivity index (χ4n) is 3.62. The molecule has 1 aromatic carbocycles. The average molecular weight is 328 g/mol. The van der Waals surface area contributed by atoms with Gasteiger partial charge >= 0.3 is 0 Å². The summed E-state index contributed by atoms with van der Waals surface area (Å²) in [6.07, 6.45) is 1.19. The van der Waals surface area contributed by atoms with Crippen LogP contribution in [0.1, 0.15) is 92.4 Å². The van der Waals surface area contributed by atoms with E-state index >= 15 is 0 Å². The van der Waals surface area contributed by atoms with E-state index in [-0.39, 0.29) is 17.3 Å². The molecule has 0 aliphatic heterocycles. The van der Waals surface area contributed by atoms with Crippen molar-refractivity contribution < 1.29 is 14.4 Å². The zero-order chi connectivity index (χ0) is 18.5. The minimum atomic E-state index is -0.640. The Morgan fingerprint density at radius 1 is 0.958 bits per heavy atom. The van der Waals surface area contributed by atoms with Crippen LogP contribution < -0.4 is 0 Å². The van der Waals surface area contributed by atoms with Gasteiger partial charge in [-0.05, 0) is 31.0 Å². The molecule has 1 aliphatic rings. The van der Waals surface area contributed by atoms with Crippen LogP contribution >= 0.6 is 0 Å². The summed E-state index contributed by atoms with van der Waals surface area (Å²) in [5, 5.41) is 0. The Labute approximate surface area is 144 Å². The summed E-state index contributed by atoms with van der Waals surface area (Å²) >= 11 is 0. The van der Waals surface area contributed by atoms with Crippen molar-refractivity contribution in [2.24, 2.45) is 16.2 Å². The Morgan fingerprint density at radius 3 is 1.75 bits per heavy atom. The first-order chi connectivity index (χ1) is 10.8. The molecular formula is C21H28O3. The molecule has 0 saturated heterocycles. The van der Waals surface area contributed by atoms with E-state index < -0.39 is 16.2 Å². The van der Waals surface area contributed by atoms with Crippen molar-refractivity contribution in [1.29, 1.82) is 0 Å². The largest absolute Gasteiger partial charge is 0.294 e. The molecule has 0 fully saturated rings. The molecular weight excluding hydrogens is 300 g/mol. The van der Waals surface area contributed by atoms with Crippen LogP contribution in [0.5, 0.6) is 0 Å². The number of carbonyl (C=O) groups excluding carboxylic acids is 3. The summed E-state index contributed by atoms with van der Waals surface area (Å²) < 4.78 is 0. The number of ketones is 3. The molecule has 3 nitrogen and oxygen atoms in total. The lowest BCUT2D eigenvalue weighted by Crippen LogP contribution is -2.37. The molecule has 0 atom stereocenters. The van der Waals surface area contributed by atoms with Gasteiger partial charge in [-0.25, -0.2) is 0 Å². The van der Waals surface area contributed by atoms with Gasteiger partial charge in [-0.15, -0.1) is 0 Å². The van der Waals surface area contributed by atoms with Gasteiger partial charge in [0.05, 0.1) is 0 Å². The second-order valence-corrected chi connectivity index (χ2v) is 8.97. The molecule has 0 saturated carbocycles. The van der Waals surface area contributed by atoms with E-state index in [1.807, 2.05) is 48.5 Å². The van der Waals surface area contributed by atoms with E-state index in [4.69, 9.17) is 0 Å². The van der Waals surface area contributed by atoms with Gasteiger partial charge in [0.15, 0.2) is 17.3 Å². The molecule has 1 aliphatic carbocycles. The van der Waals surface area contributed by atoms with Gasteiger partial charge in [0, 0.05) is 32.9 Å². The lowest BCUT2D eigenvalue weighted by Gasteiger charge is -2.35. The van der Waals surface area contributed by atoms with E-state index in [1.165, 1.54) is 0 Å². The molecule has 3 heteroatoms. The SMILES string of the molecule is CCC(C)(C)C(=O)c1cc2cc(c1)C(=O)C(C)(C)CC(C)(C)C2=O. The maximum Gasteiger partial charge on any atom is 0.168 e. The highest BCUT2D eigenvalue weighted by Crippen LogP contribution is 2.41. The minimum absolute atomic E-state index is 0.00622. The number of carbonyl (C=O) groups is 3.